The molecule has 0 fully saturated rings. The van der Waals surface area contributed by atoms with Crippen molar-refractivity contribution in [2.75, 3.05) is 6.61 Å². The van der Waals surface area contributed by atoms with E-state index in [0.29, 0.717) is 0 Å². The molecule has 2 aromatic rings. The molecule has 1 aromatic heterocycles. The summed E-state index contributed by atoms with van der Waals surface area (Å²) in [6, 6.07) is 11.5. The first-order chi connectivity index (χ1) is 8.72. The second kappa shape index (κ2) is 5.40. The number of fused-ring (bicyclic) bond motifs is 1. The molecule has 0 amide bonds. The zero-order valence-electron chi connectivity index (χ0n) is 10.1. The Bertz CT molecular complexity index is 587. The van der Waals surface area contributed by atoms with Crippen LogP contribution in [0.2, 0.25) is 0 Å². The second-order valence-electron chi connectivity index (χ2n) is 3.84. The first-order valence-corrected chi connectivity index (χ1v) is 5.79. The summed E-state index contributed by atoms with van der Waals surface area (Å²) < 4.78 is 6.43. The van der Waals surface area contributed by atoms with Crippen molar-refractivity contribution in [2.24, 2.45) is 0 Å². The summed E-state index contributed by atoms with van der Waals surface area (Å²) in [7, 11) is 0. The molecule has 0 aliphatic heterocycles. The molecule has 0 bridgehead atoms. The van der Waals surface area contributed by atoms with E-state index >= 15 is 0 Å². The maximum absolute atomic E-state index is 11.7. The van der Waals surface area contributed by atoms with Gasteiger partial charge in [-0.05, 0) is 19.1 Å². The van der Waals surface area contributed by atoms with Crippen LogP contribution in [0.25, 0.3) is 10.9 Å². The summed E-state index contributed by atoms with van der Waals surface area (Å²) in [6.07, 6.45) is 1.78. The molecule has 1 heterocycles. The van der Waals surface area contributed by atoms with Gasteiger partial charge in [0.05, 0.1) is 6.61 Å². The number of aromatic nitrogens is 1. The van der Waals surface area contributed by atoms with E-state index in [1.54, 1.807) is 17.7 Å². The van der Waals surface area contributed by atoms with Gasteiger partial charge in [0.25, 0.3) is 0 Å². The standard InChI is InChI=1S/C14H14NO3/c1-2-18-14(17)13(16)10-15-9-5-7-11-6-3-4-8-12(11)15/h3-9H,2,10H2,1H3/q+1. The zero-order chi connectivity index (χ0) is 13.0. The number of hydrogen-bond donors (Lipinski definition) is 0. The number of rotatable bonds is 4. The van der Waals surface area contributed by atoms with Crippen LogP contribution in [-0.2, 0) is 20.9 Å². The Labute approximate surface area is 105 Å². The summed E-state index contributed by atoms with van der Waals surface area (Å²) in [6.45, 7) is 1.89. The highest BCUT2D eigenvalue weighted by atomic mass is 16.5. The Balaban J connectivity index is 2.27. The largest absolute Gasteiger partial charge is 0.460 e. The minimum atomic E-state index is -0.780. The van der Waals surface area contributed by atoms with E-state index in [9.17, 15) is 9.59 Å². The van der Waals surface area contributed by atoms with Crippen LogP contribution in [0.15, 0.2) is 42.6 Å². The van der Waals surface area contributed by atoms with E-state index in [1.165, 1.54) is 0 Å². The van der Waals surface area contributed by atoms with Gasteiger partial charge in [0.1, 0.15) is 0 Å². The van der Waals surface area contributed by atoms with Crippen molar-refractivity contribution in [3.63, 3.8) is 0 Å². The fourth-order valence-electron chi connectivity index (χ4n) is 1.79. The fraction of sp³-hybridized carbons (Fsp3) is 0.214. The molecule has 92 valence electrons. The van der Waals surface area contributed by atoms with Gasteiger partial charge in [-0.3, -0.25) is 4.79 Å². The summed E-state index contributed by atoms with van der Waals surface area (Å²) in [5.41, 5.74) is 0.914. The number of esters is 1. The molecule has 0 unspecified atom stereocenters. The molecule has 0 N–H and O–H groups in total. The highest BCUT2D eigenvalue weighted by Gasteiger charge is 2.21. The topological polar surface area (TPSA) is 47.3 Å². The molecule has 0 saturated carbocycles. The molecule has 4 heteroatoms. The van der Waals surface area contributed by atoms with Crippen molar-refractivity contribution in [1.82, 2.24) is 0 Å². The van der Waals surface area contributed by atoms with Crippen LogP contribution < -0.4 is 4.57 Å². The molecule has 4 nitrogen and oxygen atoms in total. The van der Waals surface area contributed by atoms with E-state index in [1.807, 2.05) is 36.4 Å². The third kappa shape index (κ3) is 2.53. The first-order valence-electron chi connectivity index (χ1n) is 5.79. The van der Waals surface area contributed by atoms with E-state index < -0.39 is 11.8 Å². The lowest BCUT2D eigenvalue weighted by Gasteiger charge is -2.01. The van der Waals surface area contributed by atoms with Crippen molar-refractivity contribution in [2.45, 2.75) is 13.5 Å². The lowest BCUT2D eigenvalue weighted by Crippen LogP contribution is -2.41. The predicted molar refractivity (Wildman–Crippen MR) is 65.8 cm³/mol. The van der Waals surface area contributed by atoms with E-state index in [0.717, 1.165) is 10.9 Å². The van der Waals surface area contributed by atoms with E-state index in [4.69, 9.17) is 0 Å². The zero-order valence-corrected chi connectivity index (χ0v) is 10.1. The predicted octanol–water partition coefficient (Wildman–Crippen LogP) is 1.26. The van der Waals surface area contributed by atoms with Gasteiger partial charge in [0.2, 0.25) is 12.1 Å². The van der Waals surface area contributed by atoms with Crippen molar-refractivity contribution in [3.8, 4) is 0 Å². The Kier molecular flexibility index (Phi) is 3.67. The number of carbonyl (C=O) groups is 2. The SMILES string of the molecule is CCOC(=O)C(=O)C[n+]1cccc2ccccc21. The van der Waals surface area contributed by atoms with Gasteiger partial charge < -0.3 is 4.74 Å². The Morgan fingerprint density at radius 3 is 2.67 bits per heavy atom. The van der Waals surface area contributed by atoms with Crippen LogP contribution in [0, 0.1) is 0 Å². The maximum atomic E-state index is 11.7. The van der Waals surface area contributed by atoms with Crippen LogP contribution in [0.4, 0.5) is 0 Å². The summed E-state index contributed by atoms with van der Waals surface area (Å²) in [5.74, 6) is -1.32. The normalized spacial score (nSPS) is 10.3. The highest BCUT2D eigenvalue weighted by molar-refractivity contribution is 6.33. The van der Waals surface area contributed by atoms with E-state index in [2.05, 4.69) is 4.74 Å². The minimum Gasteiger partial charge on any atom is -0.460 e. The number of nitrogens with zero attached hydrogens (tertiary/aromatic N) is 1. The highest BCUT2D eigenvalue weighted by Crippen LogP contribution is 2.07. The van der Waals surface area contributed by atoms with Gasteiger partial charge in [-0.1, -0.05) is 12.1 Å². The molecule has 0 aliphatic carbocycles. The lowest BCUT2D eigenvalue weighted by atomic mass is 10.2. The van der Waals surface area contributed by atoms with Crippen LogP contribution in [-0.4, -0.2) is 18.4 Å². The number of carbonyl (C=O) groups excluding carboxylic acids is 2. The van der Waals surface area contributed by atoms with Gasteiger partial charge in [-0.25, -0.2) is 4.79 Å². The number of hydrogen-bond acceptors (Lipinski definition) is 3. The van der Waals surface area contributed by atoms with Crippen molar-refractivity contribution < 1.29 is 18.9 Å². The average Bonchev–Trinajstić information content (AvgIpc) is 2.39. The van der Waals surface area contributed by atoms with Crippen LogP contribution in [0.3, 0.4) is 0 Å². The molecule has 0 radical (unpaired) electrons. The summed E-state index contributed by atoms with van der Waals surface area (Å²) in [4.78, 5) is 22.9. The lowest BCUT2D eigenvalue weighted by molar-refractivity contribution is -0.657. The van der Waals surface area contributed by atoms with Crippen molar-refractivity contribution >= 4 is 22.7 Å². The Morgan fingerprint density at radius 1 is 1.17 bits per heavy atom. The molecule has 0 spiro atoms. The van der Waals surface area contributed by atoms with E-state index in [-0.39, 0.29) is 13.2 Å². The van der Waals surface area contributed by atoms with Crippen LogP contribution in [0.5, 0.6) is 0 Å². The summed E-state index contributed by atoms with van der Waals surface area (Å²) >= 11 is 0. The Morgan fingerprint density at radius 2 is 1.89 bits per heavy atom. The van der Waals surface area contributed by atoms with Crippen LogP contribution >= 0.6 is 0 Å². The molecule has 0 saturated heterocycles. The number of pyridine rings is 1. The molecule has 18 heavy (non-hydrogen) atoms. The van der Waals surface area contributed by atoms with Gasteiger partial charge in [0.15, 0.2) is 6.20 Å². The third-order valence-corrected chi connectivity index (χ3v) is 2.61. The molecule has 0 aliphatic rings. The number of para-hydroxylation sites is 1. The average molecular weight is 244 g/mol. The Hall–Kier alpha value is -2.23. The second-order valence-corrected chi connectivity index (χ2v) is 3.84. The quantitative estimate of drug-likeness (QED) is 0.462. The molecule has 2 rings (SSSR count). The molecular weight excluding hydrogens is 230 g/mol. The van der Waals surface area contributed by atoms with Gasteiger partial charge in [-0.2, -0.15) is 4.57 Å². The molecule has 1 aromatic carbocycles. The molecule has 0 atom stereocenters. The van der Waals surface area contributed by atoms with Gasteiger partial charge in [-0.15, -0.1) is 0 Å². The number of ether oxygens (including phenoxy) is 1. The number of benzene rings is 1. The maximum Gasteiger partial charge on any atom is 0.381 e. The minimum absolute atomic E-state index is 0.000185. The van der Waals surface area contributed by atoms with Crippen molar-refractivity contribution in [3.05, 3.63) is 42.6 Å². The van der Waals surface area contributed by atoms with Gasteiger partial charge in [0, 0.05) is 17.5 Å². The van der Waals surface area contributed by atoms with Crippen LogP contribution in [0.1, 0.15) is 6.92 Å². The third-order valence-electron chi connectivity index (χ3n) is 2.61. The smallest absolute Gasteiger partial charge is 0.381 e. The first kappa shape index (κ1) is 12.2. The van der Waals surface area contributed by atoms with Crippen molar-refractivity contribution in [1.29, 1.82) is 0 Å². The monoisotopic (exact) mass is 244 g/mol. The van der Waals surface area contributed by atoms with Gasteiger partial charge >= 0.3 is 11.8 Å². The summed E-state index contributed by atoms with van der Waals surface area (Å²) in [5, 5.41) is 1.02. The molecular formula is C14H14NO3+. The fourth-order valence-corrected chi connectivity index (χ4v) is 1.79. The number of ketones is 1. The number of Topliss-reactive ketones (excluding diaryl/α,β-unsaturated/α-hetero) is 1.